The molecule has 2 aromatic carbocycles. The molecule has 1 fully saturated rings. The highest BCUT2D eigenvalue weighted by atomic mass is 35.5. The second-order valence-electron chi connectivity index (χ2n) is 5.81. The predicted molar refractivity (Wildman–Crippen MR) is 113 cm³/mol. The highest BCUT2D eigenvalue weighted by Crippen LogP contribution is 2.35. The van der Waals surface area contributed by atoms with Gasteiger partial charge in [-0.25, -0.2) is 4.99 Å². The fraction of sp³-hybridized carbons (Fsp3) is 0. The lowest BCUT2D eigenvalue weighted by molar-refractivity contribution is 0.265. The van der Waals surface area contributed by atoms with Crippen molar-refractivity contribution in [2.45, 2.75) is 0 Å². The minimum atomic E-state index is -0.241. The van der Waals surface area contributed by atoms with Crippen LogP contribution in [0.4, 0.5) is 10.5 Å². The first-order valence-corrected chi connectivity index (χ1v) is 9.70. The van der Waals surface area contributed by atoms with Gasteiger partial charge in [0.25, 0.3) is 5.24 Å². The quantitative estimate of drug-likeness (QED) is 0.497. The number of amides is 1. The minimum absolute atomic E-state index is 0.0958. The molecule has 5 nitrogen and oxygen atoms in total. The van der Waals surface area contributed by atoms with Gasteiger partial charge in [-0.2, -0.15) is 0 Å². The van der Waals surface area contributed by atoms with Gasteiger partial charge in [0.2, 0.25) is 0 Å². The number of nitrogens with one attached hydrogen (secondary N) is 1. The molecule has 0 unspecified atom stereocenters. The number of hydrogen-bond acceptors (Lipinski definition) is 5. The Balaban J connectivity index is 1.67. The van der Waals surface area contributed by atoms with Gasteiger partial charge in [-0.15, -0.1) is 0 Å². The number of rotatable bonds is 3. The van der Waals surface area contributed by atoms with Crippen molar-refractivity contribution in [3.05, 3.63) is 75.3 Å². The van der Waals surface area contributed by atoms with E-state index >= 15 is 0 Å². The predicted octanol–water partition coefficient (Wildman–Crippen LogP) is 6.49. The van der Waals surface area contributed by atoms with Crippen LogP contribution in [0.1, 0.15) is 5.76 Å². The Morgan fingerprint density at radius 2 is 1.93 bits per heavy atom. The number of nitrogens with zero attached hydrogens (tertiary/aromatic N) is 1. The van der Waals surface area contributed by atoms with Gasteiger partial charge in [0.05, 0.1) is 20.6 Å². The van der Waals surface area contributed by atoms with Gasteiger partial charge >= 0.3 is 0 Å². The molecule has 0 aliphatic carbocycles. The molecule has 1 aromatic heterocycles. The first-order valence-electron chi connectivity index (χ1n) is 8.12. The third-order valence-electron chi connectivity index (χ3n) is 3.84. The molecule has 3 aromatic rings. The van der Waals surface area contributed by atoms with Gasteiger partial charge in [0, 0.05) is 11.6 Å². The lowest BCUT2D eigenvalue weighted by Gasteiger charge is -2.02. The molecular weight excluding hydrogens is 419 g/mol. The summed E-state index contributed by atoms with van der Waals surface area (Å²) >= 11 is 13.3. The first-order chi connectivity index (χ1) is 13.5. The summed E-state index contributed by atoms with van der Waals surface area (Å²) in [6, 6.07) is 15.3. The molecular formula is C20H12Cl2N2O3S. The van der Waals surface area contributed by atoms with Crippen LogP contribution in [0.3, 0.4) is 0 Å². The van der Waals surface area contributed by atoms with Crippen LogP contribution in [-0.4, -0.2) is 16.2 Å². The van der Waals surface area contributed by atoms with E-state index in [1.165, 1.54) is 6.07 Å². The number of carbonyl (C=O) groups is 1. The summed E-state index contributed by atoms with van der Waals surface area (Å²) < 4.78 is 5.85. The summed E-state index contributed by atoms with van der Waals surface area (Å²) in [4.78, 5) is 16.8. The van der Waals surface area contributed by atoms with Gasteiger partial charge in [0.1, 0.15) is 23.1 Å². The normalized spacial score (nSPS) is 16.7. The second kappa shape index (κ2) is 7.75. The molecule has 0 saturated carbocycles. The highest BCUT2D eigenvalue weighted by Gasteiger charge is 2.24. The Hall–Kier alpha value is -2.67. The van der Waals surface area contributed by atoms with E-state index in [9.17, 15) is 9.90 Å². The number of furan rings is 1. The molecule has 0 atom stereocenters. The van der Waals surface area contributed by atoms with E-state index in [1.807, 2.05) is 6.07 Å². The van der Waals surface area contributed by atoms with Crippen LogP contribution in [0.25, 0.3) is 17.4 Å². The number of halogens is 2. The van der Waals surface area contributed by atoms with Crippen molar-refractivity contribution in [1.29, 1.82) is 0 Å². The Morgan fingerprint density at radius 3 is 2.75 bits per heavy atom. The van der Waals surface area contributed by atoms with Crippen LogP contribution in [0.15, 0.2) is 68.9 Å². The number of amidine groups is 1. The zero-order valence-corrected chi connectivity index (χ0v) is 16.5. The summed E-state index contributed by atoms with van der Waals surface area (Å²) in [7, 11) is 0. The van der Waals surface area contributed by atoms with Crippen LogP contribution in [0, 0.1) is 0 Å². The molecule has 140 valence electrons. The number of aromatic hydroxyl groups is 1. The van der Waals surface area contributed by atoms with Crippen molar-refractivity contribution in [3.63, 3.8) is 0 Å². The van der Waals surface area contributed by atoms with Crippen molar-refractivity contribution in [1.82, 2.24) is 5.32 Å². The van der Waals surface area contributed by atoms with E-state index in [0.717, 1.165) is 11.8 Å². The summed E-state index contributed by atoms with van der Waals surface area (Å²) in [6.07, 6.45) is 1.71. The van der Waals surface area contributed by atoms with E-state index in [0.29, 0.717) is 43.6 Å². The second-order valence-corrected chi connectivity index (χ2v) is 7.61. The third-order valence-corrected chi connectivity index (χ3v) is 5.48. The van der Waals surface area contributed by atoms with Gasteiger partial charge in [0.15, 0.2) is 0 Å². The monoisotopic (exact) mass is 430 g/mol. The van der Waals surface area contributed by atoms with Crippen LogP contribution < -0.4 is 5.32 Å². The van der Waals surface area contributed by atoms with Crippen LogP contribution in [0.5, 0.6) is 5.75 Å². The van der Waals surface area contributed by atoms with E-state index in [-0.39, 0.29) is 11.0 Å². The van der Waals surface area contributed by atoms with Crippen molar-refractivity contribution in [2.75, 3.05) is 0 Å². The molecule has 28 heavy (non-hydrogen) atoms. The van der Waals surface area contributed by atoms with E-state index in [1.54, 1.807) is 48.5 Å². The number of thioether (sulfide) groups is 1. The Kier molecular flexibility index (Phi) is 5.17. The summed E-state index contributed by atoms with van der Waals surface area (Å²) in [5, 5.41) is 12.9. The van der Waals surface area contributed by atoms with Crippen molar-refractivity contribution < 1.29 is 14.3 Å². The molecule has 8 heteroatoms. The van der Waals surface area contributed by atoms with Crippen molar-refractivity contribution >= 4 is 57.8 Å². The van der Waals surface area contributed by atoms with Gasteiger partial charge in [-0.3, -0.25) is 4.79 Å². The van der Waals surface area contributed by atoms with Gasteiger partial charge < -0.3 is 14.8 Å². The highest BCUT2D eigenvalue weighted by molar-refractivity contribution is 8.18. The summed E-state index contributed by atoms with van der Waals surface area (Å²) in [5.74, 6) is 1.58. The molecule has 0 bridgehead atoms. The topological polar surface area (TPSA) is 74.8 Å². The maximum Gasteiger partial charge on any atom is 0.289 e. The SMILES string of the molecule is O=C1NC(=Nc2cccc(O)c2)/C(=C/c2ccc(-c3cccc(Cl)c3Cl)o2)S1. The maximum atomic E-state index is 11.8. The summed E-state index contributed by atoms with van der Waals surface area (Å²) in [6.45, 7) is 0. The number of aliphatic imine (C=N–C) groups is 1. The average Bonchev–Trinajstić information content (AvgIpc) is 3.24. The number of hydrogen-bond donors (Lipinski definition) is 2. The van der Waals surface area contributed by atoms with Gasteiger partial charge in [-0.1, -0.05) is 35.3 Å². The molecule has 1 amide bonds. The van der Waals surface area contributed by atoms with E-state index < -0.39 is 0 Å². The zero-order chi connectivity index (χ0) is 19.7. The van der Waals surface area contributed by atoms with Gasteiger partial charge in [-0.05, 0) is 54.2 Å². The largest absolute Gasteiger partial charge is 0.508 e. The smallest absolute Gasteiger partial charge is 0.289 e. The number of phenols is 1. The Bertz CT molecular complexity index is 1140. The van der Waals surface area contributed by atoms with Crippen molar-refractivity contribution in [3.8, 4) is 17.1 Å². The molecule has 1 saturated heterocycles. The van der Waals surface area contributed by atoms with Crippen LogP contribution in [0.2, 0.25) is 10.0 Å². The Morgan fingerprint density at radius 1 is 1.11 bits per heavy atom. The summed E-state index contributed by atoms with van der Waals surface area (Å²) in [5.41, 5.74) is 1.20. The molecule has 2 N–H and O–H groups in total. The molecule has 1 aliphatic rings. The average molecular weight is 431 g/mol. The lowest BCUT2D eigenvalue weighted by atomic mass is 10.2. The van der Waals surface area contributed by atoms with E-state index in [4.69, 9.17) is 27.6 Å². The number of phenolic OH excluding ortho intramolecular Hbond substituents is 1. The maximum absolute atomic E-state index is 11.8. The van der Waals surface area contributed by atoms with Crippen molar-refractivity contribution in [2.24, 2.45) is 4.99 Å². The van der Waals surface area contributed by atoms with E-state index in [2.05, 4.69) is 10.3 Å². The third kappa shape index (κ3) is 3.94. The fourth-order valence-electron chi connectivity index (χ4n) is 2.60. The zero-order valence-electron chi connectivity index (χ0n) is 14.1. The minimum Gasteiger partial charge on any atom is -0.508 e. The molecule has 0 spiro atoms. The molecule has 4 rings (SSSR count). The molecule has 2 heterocycles. The van der Waals surface area contributed by atoms with Crippen LogP contribution in [-0.2, 0) is 0 Å². The molecule has 0 radical (unpaired) electrons. The molecule has 1 aliphatic heterocycles. The standard InChI is InChI=1S/C20H12Cl2N2O3S/c21-15-6-2-5-14(18(15)22)16-8-7-13(27-16)10-17-19(24-20(26)28-17)23-11-3-1-4-12(25)9-11/h1-10,25H,(H,23,24,26)/b17-10-. The lowest BCUT2D eigenvalue weighted by Crippen LogP contribution is -2.18. The van der Waals surface area contributed by atoms with Crippen LogP contribution >= 0.6 is 35.0 Å². The Labute approximate surface area is 174 Å². The number of benzene rings is 2. The first kappa shape index (κ1) is 18.7. The number of carbonyl (C=O) groups excluding carboxylic acids is 1. The fourth-order valence-corrected chi connectivity index (χ4v) is 3.71.